The maximum Gasteiger partial charge on any atom is 0.321 e. The number of rotatable bonds is 5. The van der Waals surface area contributed by atoms with Crippen LogP contribution in [-0.4, -0.2) is 63.1 Å². The summed E-state index contributed by atoms with van der Waals surface area (Å²) in [6.45, 7) is 11.1. The molecule has 0 bridgehead atoms. The van der Waals surface area contributed by atoms with Gasteiger partial charge in [0.2, 0.25) is 0 Å². The molecule has 0 unspecified atom stereocenters. The Balaban J connectivity index is 1.34. The zero-order valence-electron chi connectivity index (χ0n) is 18.3. The van der Waals surface area contributed by atoms with Crippen molar-refractivity contribution in [2.45, 2.75) is 33.2 Å². The van der Waals surface area contributed by atoms with Crippen molar-refractivity contribution < 1.29 is 4.79 Å². The van der Waals surface area contributed by atoms with Crippen molar-refractivity contribution in [1.82, 2.24) is 24.3 Å². The van der Waals surface area contributed by atoms with Gasteiger partial charge in [-0.25, -0.2) is 14.8 Å². The number of nitrogens with zero attached hydrogens (tertiary/aromatic N) is 5. The van der Waals surface area contributed by atoms with Crippen LogP contribution in [0.15, 0.2) is 36.5 Å². The molecule has 0 radical (unpaired) electrons. The first kappa shape index (κ1) is 21.6. The van der Waals surface area contributed by atoms with E-state index < -0.39 is 0 Å². The number of carbonyl (C=O) groups excluding carboxylic acids is 1. The number of nitrogens with one attached hydrogen (secondary N) is 1. The van der Waals surface area contributed by atoms with Crippen LogP contribution >= 0.6 is 11.6 Å². The van der Waals surface area contributed by atoms with Gasteiger partial charge in [0.05, 0.1) is 0 Å². The molecular formula is C23H29ClN6O. The van der Waals surface area contributed by atoms with Crippen molar-refractivity contribution in [3.05, 3.63) is 52.9 Å². The predicted octanol–water partition coefficient (Wildman–Crippen LogP) is 4.37. The van der Waals surface area contributed by atoms with Crippen molar-refractivity contribution in [2.75, 3.05) is 38.0 Å². The molecule has 1 fully saturated rings. The molecule has 7 nitrogen and oxygen atoms in total. The molecular weight excluding hydrogens is 412 g/mol. The van der Waals surface area contributed by atoms with E-state index in [4.69, 9.17) is 16.6 Å². The van der Waals surface area contributed by atoms with Crippen molar-refractivity contribution in [2.24, 2.45) is 0 Å². The van der Waals surface area contributed by atoms with E-state index >= 15 is 0 Å². The van der Waals surface area contributed by atoms with Crippen molar-refractivity contribution >= 4 is 34.5 Å². The molecule has 4 rings (SSSR count). The van der Waals surface area contributed by atoms with Gasteiger partial charge >= 0.3 is 6.03 Å². The van der Waals surface area contributed by atoms with Gasteiger partial charge in [0, 0.05) is 62.1 Å². The second kappa shape index (κ2) is 9.24. The van der Waals surface area contributed by atoms with Gasteiger partial charge in [0.15, 0.2) is 5.65 Å². The van der Waals surface area contributed by atoms with Gasteiger partial charge in [-0.3, -0.25) is 4.90 Å². The highest BCUT2D eigenvalue weighted by molar-refractivity contribution is 6.31. The van der Waals surface area contributed by atoms with Crippen LogP contribution in [0.2, 0.25) is 5.02 Å². The number of imidazole rings is 1. The summed E-state index contributed by atoms with van der Waals surface area (Å²) in [5, 5.41) is 3.65. The highest BCUT2D eigenvalue weighted by Crippen LogP contribution is 2.23. The minimum atomic E-state index is -0.0723. The van der Waals surface area contributed by atoms with E-state index in [1.54, 1.807) is 0 Å². The van der Waals surface area contributed by atoms with Crippen LogP contribution in [-0.2, 0) is 6.54 Å². The molecule has 2 amide bonds. The van der Waals surface area contributed by atoms with Crippen molar-refractivity contribution in [3.8, 4) is 0 Å². The van der Waals surface area contributed by atoms with Crippen molar-refractivity contribution in [3.63, 3.8) is 0 Å². The SMILES string of the molecule is Cc1c(Cl)cccc1NC(=O)N1CCN(CCn2c(C(C)C)nc3cccnc32)CC1. The molecule has 1 saturated heterocycles. The number of piperazine rings is 1. The van der Waals surface area contributed by atoms with Crippen LogP contribution in [0.5, 0.6) is 0 Å². The molecule has 1 aromatic carbocycles. The number of fused-ring (bicyclic) bond motifs is 1. The summed E-state index contributed by atoms with van der Waals surface area (Å²) in [5.41, 5.74) is 3.55. The lowest BCUT2D eigenvalue weighted by Gasteiger charge is -2.35. The first-order chi connectivity index (χ1) is 14.9. The molecule has 0 aliphatic carbocycles. The summed E-state index contributed by atoms with van der Waals surface area (Å²) in [5.74, 6) is 1.41. The predicted molar refractivity (Wildman–Crippen MR) is 125 cm³/mol. The minimum absolute atomic E-state index is 0.0723. The Morgan fingerprint density at radius 1 is 1.13 bits per heavy atom. The Kier molecular flexibility index (Phi) is 6.43. The second-order valence-corrected chi connectivity index (χ2v) is 8.70. The number of urea groups is 1. The fraction of sp³-hybridized carbons (Fsp3) is 0.435. The number of carbonyl (C=O) groups is 1. The Morgan fingerprint density at radius 2 is 1.90 bits per heavy atom. The lowest BCUT2D eigenvalue weighted by atomic mass is 10.2. The molecule has 8 heteroatoms. The van der Waals surface area contributed by atoms with Crippen LogP contribution in [0.1, 0.15) is 31.2 Å². The maximum absolute atomic E-state index is 12.7. The average molecular weight is 441 g/mol. The number of hydrogen-bond donors (Lipinski definition) is 1. The Bertz CT molecular complexity index is 1070. The summed E-state index contributed by atoms with van der Waals surface area (Å²) < 4.78 is 2.24. The molecule has 1 N–H and O–H groups in total. The van der Waals surface area contributed by atoms with E-state index in [-0.39, 0.29) is 6.03 Å². The minimum Gasteiger partial charge on any atom is -0.322 e. The number of halogens is 1. The monoisotopic (exact) mass is 440 g/mol. The zero-order valence-corrected chi connectivity index (χ0v) is 19.1. The third-order valence-corrected chi connectivity index (χ3v) is 6.27. The van der Waals surface area contributed by atoms with Gasteiger partial charge in [-0.15, -0.1) is 0 Å². The molecule has 3 aromatic rings. The quantitative estimate of drug-likeness (QED) is 0.639. The van der Waals surface area contributed by atoms with E-state index in [2.05, 4.69) is 33.6 Å². The van der Waals surface area contributed by atoms with Crippen LogP contribution in [0, 0.1) is 6.92 Å². The highest BCUT2D eigenvalue weighted by atomic mass is 35.5. The lowest BCUT2D eigenvalue weighted by molar-refractivity contribution is 0.144. The normalized spacial score (nSPS) is 15.1. The standard InChI is InChI=1S/C23H29ClN6O/c1-16(2)21-26-20-8-5-9-25-22(20)30(21)15-12-28-10-13-29(14-11-28)23(31)27-19-7-4-6-18(24)17(19)3/h4-9,16H,10-15H2,1-3H3,(H,27,31). The number of amides is 2. The molecule has 2 aromatic heterocycles. The summed E-state index contributed by atoms with van der Waals surface area (Å²) in [6, 6.07) is 9.43. The van der Waals surface area contributed by atoms with E-state index in [9.17, 15) is 4.79 Å². The summed E-state index contributed by atoms with van der Waals surface area (Å²) in [7, 11) is 0. The molecule has 1 aliphatic heterocycles. The zero-order chi connectivity index (χ0) is 22.0. The molecule has 0 atom stereocenters. The Morgan fingerprint density at radius 3 is 2.65 bits per heavy atom. The topological polar surface area (TPSA) is 66.3 Å². The largest absolute Gasteiger partial charge is 0.322 e. The Labute approximate surface area is 188 Å². The van der Waals surface area contributed by atoms with Crippen molar-refractivity contribution in [1.29, 1.82) is 0 Å². The van der Waals surface area contributed by atoms with E-state index in [0.717, 1.165) is 54.4 Å². The highest BCUT2D eigenvalue weighted by Gasteiger charge is 2.22. The molecule has 3 heterocycles. The second-order valence-electron chi connectivity index (χ2n) is 8.29. The van der Waals surface area contributed by atoms with Gasteiger partial charge in [-0.1, -0.05) is 31.5 Å². The van der Waals surface area contributed by atoms with E-state index in [1.165, 1.54) is 0 Å². The van der Waals surface area contributed by atoms with E-state index in [1.807, 2.05) is 48.4 Å². The third kappa shape index (κ3) is 4.67. The van der Waals surface area contributed by atoms with Crippen LogP contribution in [0.25, 0.3) is 11.2 Å². The molecule has 164 valence electrons. The first-order valence-corrected chi connectivity index (χ1v) is 11.2. The lowest BCUT2D eigenvalue weighted by Crippen LogP contribution is -2.50. The molecule has 31 heavy (non-hydrogen) atoms. The van der Waals surface area contributed by atoms with Gasteiger partial charge in [-0.05, 0) is 36.8 Å². The van der Waals surface area contributed by atoms with Gasteiger partial charge < -0.3 is 14.8 Å². The summed E-state index contributed by atoms with van der Waals surface area (Å²) in [6.07, 6.45) is 1.82. The molecule has 1 aliphatic rings. The smallest absolute Gasteiger partial charge is 0.321 e. The number of pyridine rings is 1. The Hall–Kier alpha value is -2.64. The van der Waals surface area contributed by atoms with Gasteiger partial charge in [0.1, 0.15) is 11.3 Å². The maximum atomic E-state index is 12.7. The third-order valence-electron chi connectivity index (χ3n) is 5.86. The van der Waals surface area contributed by atoms with Crippen LogP contribution in [0.4, 0.5) is 10.5 Å². The molecule has 0 saturated carbocycles. The summed E-state index contributed by atoms with van der Waals surface area (Å²) >= 11 is 6.16. The number of benzene rings is 1. The van der Waals surface area contributed by atoms with Crippen LogP contribution < -0.4 is 5.32 Å². The molecule has 0 spiro atoms. The first-order valence-electron chi connectivity index (χ1n) is 10.8. The van der Waals surface area contributed by atoms with Gasteiger partial charge in [0.25, 0.3) is 0 Å². The number of aromatic nitrogens is 3. The van der Waals surface area contributed by atoms with Crippen LogP contribution in [0.3, 0.4) is 0 Å². The number of hydrogen-bond acceptors (Lipinski definition) is 4. The fourth-order valence-electron chi connectivity index (χ4n) is 3.99. The summed E-state index contributed by atoms with van der Waals surface area (Å²) in [4.78, 5) is 26.3. The van der Waals surface area contributed by atoms with E-state index in [0.29, 0.717) is 24.0 Å². The number of anilines is 1. The van der Waals surface area contributed by atoms with Gasteiger partial charge in [-0.2, -0.15) is 0 Å². The average Bonchev–Trinajstić information content (AvgIpc) is 3.15. The fourth-order valence-corrected chi connectivity index (χ4v) is 4.16.